The number of hydrogen-bond donors (Lipinski definition) is 2. The molecule has 5 heteroatoms. The van der Waals surface area contributed by atoms with Gasteiger partial charge in [0, 0.05) is 13.1 Å². The summed E-state index contributed by atoms with van der Waals surface area (Å²) in [6.07, 6.45) is 3.32. The van der Waals surface area contributed by atoms with Gasteiger partial charge >= 0.3 is 0 Å². The number of amides is 1. The van der Waals surface area contributed by atoms with Crippen molar-refractivity contribution in [3.05, 3.63) is 35.9 Å². The second kappa shape index (κ2) is 8.52. The molecule has 1 aliphatic heterocycles. The first-order valence-corrected chi connectivity index (χ1v) is 7.92. The molecule has 0 radical (unpaired) electrons. The third-order valence-electron chi connectivity index (χ3n) is 4.06. The van der Waals surface area contributed by atoms with Crippen LogP contribution in [0.1, 0.15) is 31.2 Å². The maximum absolute atomic E-state index is 12.4. The van der Waals surface area contributed by atoms with E-state index in [0.717, 1.165) is 25.8 Å². The zero-order valence-electron chi connectivity index (χ0n) is 12.9. The van der Waals surface area contributed by atoms with Crippen LogP contribution in [-0.4, -0.2) is 36.0 Å². The first-order valence-electron chi connectivity index (χ1n) is 7.92. The number of piperidine rings is 1. The Hall–Kier alpha value is -1.90. The lowest BCUT2D eigenvalue weighted by molar-refractivity contribution is -0.135. The SMILES string of the molecule is N#CC1CCCCN1C(=O)[C@@H](N)CCNCc1ccccc1. The van der Waals surface area contributed by atoms with E-state index in [1.165, 1.54) is 5.56 Å². The van der Waals surface area contributed by atoms with Crippen LogP contribution in [0.3, 0.4) is 0 Å². The summed E-state index contributed by atoms with van der Waals surface area (Å²) >= 11 is 0. The molecule has 5 nitrogen and oxygen atoms in total. The molecule has 1 heterocycles. The first-order chi connectivity index (χ1) is 10.7. The van der Waals surface area contributed by atoms with Gasteiger partial charge in [-0.15, -0.1) is 0 Å². The van der Waals surface area contributed by atoms with Crippen molar-refractivity contribution >= 4 is 5.91 Å². The zero-order chi connectivity index (χ0) is 15.8. The van der Waals surface area contributed by atoms with Crippen LogP contribution in [0.4, 0.5) is 0 Å². The Kier molecular flexibility index (Phi) is 6.38. The van der Waals surface area contributed by atoms with Crippen molar-refractivity contribution in [2.45, 2.75) is 44.3 Å². The summed E-state index contributed by atoms with van der Waals surface area (Å²) in [6.45, 7) is 2.11. The largest absolute Gasteiger partial charge is 0.325 e. The molecular weight excluding hydrogens is 276 g/mol. The van der Waals surface area contributed by atoms with Crippen LogP contribution in [0.25, 0.3) is 0 Å². The van der Waals surface area contributed by atoms with Crippen molar-refractivity contribution in [2.75, 3.05) is 13.1 Å². The standard InChI is InChI=1S/C17H24N4O/c18-12-15-8-4-5-11-21(15)17(22)16(19)9-10-20-13-14-6-2-1-3-7-14/h1-3,6-7,15-16,20H,4-5,8-11,13,19H2/t15?,16-/m0/s1. The first kappa shape index (κ1) is 16.5. The maximum atomic E-state index is 12.4. The molecule has 0 spiro atoms. The van der Waals surface area contributed by atoms with Gasteiger partial charge in [0.25, 0.3) is 0 Å². The molecule has 3 N–H and O–H groups in total. The third kappa shape index (κ3) is 4.55. The van der Waals surface area contributed by atoms with Gasteiger partial charge in [-0.1, -0.05) is 30.3 Å². The number of nitrogens with one attached hydrogen (secondary N) is 1. The van der Waals surface area contributed by atoms with Gasteiger partial charge in [-0.3, -0.25) is 4.79 Å². The topological polar surface area (TPSA) is 82.2 Å². The van der Waals surface area contributed by atoms with E-state index in [2.05, 4.69) is 23.5 Å². The van der Waals surface area contributed by atoms with Gasteiger partial charge < -0.3 is 16.0 Å². The zero-order valence-corrected chi connectivity index (χ0v) is 12.9. The number of carbonyl (C=O) groups excluding carboxylic acids is 1. The van der Waals surface area contributed by atoms with E-state index in [1.54, 1.807) is 4.90 Å². The van der Waals surface area contributed by atoms with Gasteiger partial charge in [-0.25, -0.2) is 0 Å². The number of likely N-dealkylation sites (tertiary alicyclic amines) is 1. The molecule has 22 heavy (non-hydrogen) atoms. The number of rotatable bonds is 6. The number of carbonyl (C=O) groups is 1. The molecule has 1 unspecified atom stereocenters. The highest BCUT2D eigenvalue weighted by atomic mass is 16.2. The number of nitriles is 1. The van der Waals surface area contributed by atoms with E-state index in [1.807, 2.05) is 18.2 Å². The van der Waals surface area contributed by atoms with Crippen molar-refractivity contribution in [3.63, 3.8) is 0 Å². The number of nitrogens with two attached hydrogens (primary N) is 1. The highest BCUT2D eigenvalue weighted by molar-refractivity contribution is 5.82. The molecule has 1 aliphatic rings. The Balaban J connectivity index is 1.73. The number of hydrogen-bond acceptors (Lipinski definition) is 4. The van der Waals surface area contributed by atoms with Crippen molar-refractivity contribution in [2.24, 2.45) is 5.73 Å². The minimum atomic E-state index is -0.530. The number of benzene rings is 1. The summed E-state index contributed by atoms with van der Waals surface area (Å²) in [5.41, 5.74) is 7.21. The predicted octanol–water partition coefficient (Wildman–Crippen LogP) is 1.40. The van der Waals surface area contributed by atoms with Gasteiger partial charge in [0.15, 0.2) is 0 Å². The Bertz CT molecular complexity index is 511. The monoisotopic (exact) mass is 300 g/mol. The van der Waals surface area contributed by atoms with Crippen LogP contribution < -0.4 is 11.1 Å². The predicted molar refractivity (Wildman–Crippen MR) is 85.7 cm³/mol. The third-order valence-corrected chi connectivity index (χ3v) is 4.06. The summed E-state index contributed by atoms with van der Waals surface area (Å²) in [6, 6.07) is 11.5. The molecule has 1 fully saturated rings. The quantitative estimate of drug-likeness (QED) is 0.778. The maximum Gasteiger partial charge on any atom is 0.240 e. The molecule has 2 atom stereocenters. The summed E-state index contributed by atoms with van der Waals surface area (Å²) in [5.74, 6) is -0.0900. The van der Waals surface area contributed by atoms with Crippen molar-refractivity contribution in [1.82, 2.24) is 10.2 Å². The molecule has 0 bridgehead atoms. The van der Waals surface area contributed by atoms with Crippen LogP contribution >= 0.6 is 0 Å². The lowest BCUT2D eigenvalue weighted by Gasteiger charge is -2.33. The van der Waals surface area contributed by atoms with E-state index in [4.69, 9.17) is 11.0 Å². The fourth-order valence-electron chi connectivity index (χ4n) is 2.75. The lowest BCUT2D eigenvalue weighted by atomic mass is 10.0. The van der Waals surface area contributed by atoms with E-state index in [9.17, 15) is 4.79 Å². The average molecular weight is 300 g/mol. The molecule has 2 rings (SSSR count). The van der Waals surface area contributed by atoms with E-state index < -0.39 is 6.04 Å². The summed E-state index contributed by atoms with van der Waals surface area (Å²) < 4.78 is 0. The Morgan fingerprint density at radius 3 is 2.91 bits per heavy atom. The molecule has 1 aromatic carbocycles. The second-order valence-electron chi connectivity index (χ2n) is 5.73. The van der Waals surface area contributed by atoms with Gasteiger partial charge in [0.1, 0.15) is 6.04 Å². The molecule has 1 aromatic rings. The Morgan fingerprint density at radius 2 is 2.18 bits per heavy atom. The van der Waals surface area contributed by atoms with Gasteiger partial charge in [0.05, 0.1) is 12.1 Å². The fraction of sp³-hybridized carbons (Fsp3) is 0.529. The average Bonchev–Trinajstić information content (AvgIpc) is 2.58. The Morgan fingerprint density at radius 1 is 1.41 bits per heavy atom. The van der Waals surface area contributed by atoms with E-state index >= 15 is 0 Å². The highest BCUT2D eigenvalue weighted by Crippen LogP contribution is 2.17. The van der Waals surface area contributed by atoms with Crippen LogP contribution in [0.5, 0.6) is 0 Å². The van der Waals surface area contributed by atoms with Crippen molar-refractivity contribution in [1.29, 1.82) is 5.26 Å². The summed E-state index contributed by atoms with van der Waals surface area (Å²) in [5, 5.41) is 12.4. The minimum absolute atomic E-state index is 0.0900. The smallest absolute Gasteiger partial charge is 0.240 e. The van der Waals surface area contributed by atoms with Gasteiger partial charge in [0.2, 0.25) is 5.91 Å². The van der Waals surface area contributed by atoms with Gasteiger partial charge in [-0.05, 0) is 37.8 Å². The number of nitrogens with zero attached hydrogens (tertiary/aromatic N) is 2. The minimum Gasteiger partial charge on any atom is -0.325 e. The van der Waals surface area contributed by atoms with E-state index in [0.29, 0.717) is 19.5 Å². The fourth-order valence-corrected chi connectivity index (χ4v) is 2.75. The summed E-state index contributed by atoms with van der Waals surface area (Å²) in [7, 11) is 0. The molecule has 0 aromatic heterocycles. The molecular formula is C17H24N4O. The molecule has 0 aliphatic carbocycles. The van der Waals surface area contributed by atoms with Crippen LogP contribution in [-0.2, 0) is 11.3 Å². The van der Waals surface area contributed by atoms with Crippen molar-refractivity contribution in [3.8, 4) is 6.07 Å². The van der Waals surface area contributed by atoms with Crippen LogP contribution in [0, 0.1) is 11.3 Å². The second-order valence-corrected chi connectivity index (χ2v) is 5.73. The van der Waals surface area contributed by atoms with E-state index in [-0.39, 0.29) is 11.9 Å². The summed E-state index contributed by atoms with van der Waals surface area (Å²) in [4.78, 5) is 14.0. The van der Waals surface area contributed by atoms with Crippen LogP contribution in [0.15, 0.2) is 30.3 Å². The molecule has 1 amide bonds. The molecule has 118 valence electrons. The molecule has 0 saturated carbocycles. The van der Waals surface area contributed by atoms with Crippen LogP contribution in [0.2, 0.25) is 0 Å². The Labute approximate surface area is 132 Å². The molecule has 1 saturated heterocycles. The van der Waals surface area contributed by atoms with Crippen molar-refractivity contribution < 1.29 is 4.79 Å². The van der Waals surface area contributed by atoms with Gasteiger partial charge in [-0.2, -0.15) is 5.26 Å². The normalized spacial score (nSPS) is 19.5. The lowest BCUT2D eigenvalue weighted by Crippen LogP contribution is -2.50. The highest BCUT2D eigenvalue weighted by Gasteiger charge is 2.29.